The minimum absolute atomic E-state index is 0.173. The highest BCUT2D eigenvalue weighted by molar-refractivity contribution is 14.1. The Labute approximate surface area is 110 Å². The maximum Gasteiger partial charge on any atom is 0.219 e. The molecule has 5 heteroatoms. The SMILES string of the molecule is [CH2][C@@H](CC)C(=N)S(=O)(=O)c1cccc(I)c1. The highest BCUT2D eigenvalue weighted by atomic mass is 127. The van der Waals surface area contributed by atoms with Gasteiger partial charge in [-0.05, 0) is 54.1 Å². The molecule has 0 fully saturated rings. The van der Waals surface area contributed by atoms with Gasteiger partial charge in [0, 0.05) is 9.49 Å². The molecule has 3 nitrogen and oxygen atoms in total. The minimum atomic E-state index is -3.66. The Morgan fingerprint density at radius 3 is 2.69 bits per heavy atom. The molecule has 1 aromatic rings. The molecule has 0 aliphatic heterocycles. The van der Waals surface area contributed by atoms with Gasteiger partial charge in [0.05, 0.1) is 4.90 Å². The lowest BCUT2D eigenvalue weighted by atomic mass is 10.1. The summed E-state index contributed by atoms with van der Waals surface area (Å²) in [5, 5.41) is 7.34. The van der Waals surface area contributed by atoms with Crippen molar-refractivity contribution in [3.05, 3.63) is 34.8 Å². The Hall–Kier alpha value is -0.430. The van der Waals surface area contributed by atoms with Gasteiger partial charge in [0.25, 0.3) is 0 Å². The zero-order chi connectivity index (χ0) is 12.3. The van der Waals surface area contributed by atoms with E-state index in [1.54, 1.807) is 12.1 Å². The van der Waals surface area contributed by atoms with Crippen molar-refractivity contribution in [1.82, 2.24) is 0 Å². The van der Waals surface area contributed by atoms with Gasteiger partial charge in [-0.3, -0.25) is 5.41 Å². The van der Waals surface area contributed by atoms with E-state index in [4.69, 9.17) is 5.41 Å². The number of nitrogens with one attached hydrogen (secondary N) is 1. The molecule has 87 valence electrons. The monoisotopic (exact) mass is 350 g/mol. The first kappa shape index (κ1) is 13.6. The molecule has 1 rings (SSSR count). The first-order valence-corrected chi connectivity index (χ1v) is 7.38. The second kappa shape index (κ2) is 5.27. The Kier molecular flexibility index (Phi) is 4.49. The maximum atomic E-state index is 12.0. The third kappa shape index (κ3) is 2.82. The number of benzene rings is 1. The van der Waals surface area contributed by atoms with Gasteiger partial charge in [-0.25, -0.2) is 8.42 Å². The Morgan fingerprint density at radius 2 is 2.19 bits per heavy atom. The second-order valence-electron chi connectivity index (χ2n) is 3.43. The number of hydrogen-bond acceptors (Lipinski definition) is 3. The predicted octanol–water partition coefficient (Wildman–Crippen LogP) is 2.90. The molecule has 1 aromatic carbocycles. The average molecular weight is 350 g/mol. The Balaban J connectivity index is 3.17. The van der Waals surface area contributed by atoms with Crippen LogP contribution < -0.4 is 0 Å². The minimum Gasteiger partial charge on any atom is -0.293 e. The fourth-order valence-electron chi connectivity index (χ4n) is 1.17. The van der Waals surface area contributed by atoms with Crippen LogP contribution in [-0.2, 0) is 9.84 Å². The van der Waals surface area contributed by atoms with E-state index < -0.39 is 15.8 Å². The van der Waals surface area contributed by atoms with E-state index >= 15 is 0 Å². The van der Waals surface area contributed by atoms with Gasteiger partial charge >= 0.3 is 0 Å². The summed E-state index contributed by atoms with van der Waals surface area (Å²) in [7, 11) is -3.66. The quantitative estimate of drug-likeness (QED) is 0.518. The molecule has 0 unspecified atom stereocenters. The van der Waals surface area contributed by atoms with E-state index in [-0.39, 0.29) is 9.94 Å². The summed E-state index contributed by atoms with van der Waals surface area (Å²) in [5.41, 5.74) is 0. The van der Waals surface area contributed by atoms with Crippen molar-refractivity contribution >= 4 is 37.5 Å². The van der Waals surface area contributed by atoms with Gasteiger partial charge < -0.3 is 0 Å². The molecule has 0 spiro atoms. The van der Waals surface area contributed by atoms with Crippen molar-refractivity contribution in [2.75, 3.05) is 0 Å². The summed E-state index contributed by atoms with van der Waals surface area (Å²) < 4.78 is 24.9. The molecular weight excluding hydrogens is 337 g/mol. The van der Waals surface area contributed by atoms with E-state index in [9.17, 15) is 8.42 Å². The number of halogens is 1. The molecule has 0 saturated heterocycles. The molecule has 0 aliphatic carbocycles. The predicted molar refractivity (Wildman–Crippen MR) is 73.2 cm³/mol. The molecular formula is C11H13INO2S. The molecule has 16 heavy (non-hydrogen) atoms. The van der Waals surface area contributed by atoms with Gasteiger partial charge in [-0.2, -0.15) is 0 Å². The van der Waals surface area contributed by atoms with Crippen molar-refractivity contribution in [3.63, 3.8) is 0 Å². The summed E-state index contributed by atoms with van der Waals surface area (Å²) in [6.45, 7) is 5.48. The third-order valence-corrected chi connectivity index (χ3v) is 4.72. The molecule has 1 N–H and O–H groups in total. The van der Waals surface area contributed by atoms with Crippen LogP contribution in [0.5, 0.6) is 0 Å². The van der Waals surface area contributed by atoms with Crippen LogP contribution in [0.1, 0.15) is 13.3 Å². The topological polar surface area (TPSA) is 58.0 Å². The first-order valence-electron chi connectivity index (χ1n) is 4.81. The van der Waals surface area contributed by atoms with Crippen LogP contribution in [0.25, 0.3) is 0 Å². The number of hydrogen-bond donors (Lipinski definition) is 1. The number of sulfone groups is 1. The first-order chi connectivity index (χ1) is 7.39. The van der Waals surface area contributed by atoms with Crippen LogP contribution in [0.4, 0.5) is 0 Å². The summed E-state index contributed by atoms with van der Waals surface area (Å²) in [4.78, 5) is 0.173. The summed E-state index contributed by atoms with van der Waals surface area (Å²) >= 11 is 2.04. The summed E-state index contributed by atoms with van der Waals surface area (Å²) in [6.07, 6.45) is 0.544. The average Bonchev–Trinajstić information content (AvgIpc) is 2.27. The van der Waals surface area contributed by atoms with E-state index in [0.29, 0.717) is 6.42 Å². The normalized spacial score (nSPS) is 13.4. The van der Waals surface area contributed by atoms with E-state index in [1.807, 2.05) is 35.6 Å². The number of rotatable bonds is 3. The lowest BCUT2D eigenvalue weighted by Gasteiger charge is -2.11. The lowest BCUT2D eigenvalue weighted by Crippen LogP contribution is -2.21. The highest BCUT2D eigenvalue weighted by Crippen LogP contribution is 2.19. The molecule has 0 saturated carbocycles. The van der Waals surface area contributed by atoms with Crippen molar-refractivity contribution < 1.29 is 8.42 Å². The third-order valence-electron chi connectivity index (χ3n) is 2.26. The summed E-state index contributed by atoms with van der Waals surface area (Å²) in [6, 6.07) is 6.55. The zero-order valence-corrected chi connectivity index (χ0v) is 11.9. The van der Waals surface area contributed by atoms with E-state index in [2.05, 4.69) is 6.92 Å². The summed E-state index contributed by atoms with van der Waals surface area (Å²) in [5.74, 6) is -0.483. The van der Waals surface area contributed by atoms with Crippen molar-refractivity contribution in [2.24, 2.45) is 5.92 Å². The molecule has 0 heterocycles. The Bertz CT molecular complexity index is 496. The lowest BCUT2D eigenvalue weighted by molar-refractivity contribution is 0.604. The molecule has 0 aromatic heterocycles. The van der Waals surface area contributed by atoms with Crippen molar-refractivity contribution in [1.29, 1.82) is 5.41 Å². The largest absolute Gasteiger partial charge is 0.293 e. The van der Waals surface area contributed by atoms with Crippen molar-refractivity contribution in [3.8, 4) is 0 Å². The molecule has 0 amide bonds. The molecule has 0 aliphatic rings. The van der Waals surface area contributed by atoms with Crippen LogP contribution >= 0.6 is 22.6 Å². The van der Waals surface area contributed by atoms with Crippen LogP contribution in [0.15, 0.2) is 29.2 Å². The van der Waals surface area contributed by atoms with Gasteiger partial charge in [0.2, 0.25) is 9.84 Å². The maximum absolute atomic E-state index is 12.0. The molecule has 1 atom stereocenters. The standard InChI is InChI=1S/C11H13INO2S/c1-3-8(2)11(13)16(14,15)10-6-4-5-9(12)7-10/h4-8,13H,2-3H2,1H3/t8-/m0/s1. The van der Waals surface area contributed by atoms with Crippen LogP contribution in [0.2, 0.25) is 0 Å². The fourth-order valence-corrected chi connectivity index (χ4v) is 3.32. The van der Waals surface area contributed by atoms with Crippen LogP contribution in [-0.4, -0.2) is 13.5 Å². The van der Waals surface area contributed by atoms with Gasteiger partial charge in [0.1, 0.15) is 5.04 Å². The van der Waals surface area contributed by atoms with Gasteiger partial charge in [-0.1, -0.05) is 13.0 Å². The van der Waals surface area contributed by atoms with Gasteiger partial charge in [-0.15, -0.1) is 0 Å². The molecule has 0 bridgehead atoms. The van der Waals surface area contributed by atoms with E-state index in [0.717, 1.165) is 3.57 Å². The van der Waals surface area contributed by atoms with Crippen LogP contribution in [0, 0.1) is 21.8 Å². The second-order valence-corrected chi connectivity index (χ2v) is 6.59. The fraction of sp³-hybridized carbons (Fsp3) is 0.273. The van der Waals surface area contributed by atoms with Crippen molar-refractivity contribution in [2.45, 2.75) is 18.2 Å². The Morgan fingerprint density at radius 1 is 1.56 bits per heavy atom. The molecule has 1 radical (unpaired) electrons. The smallest absolute Gasteiger partial charge is 0.219 e. The van der Waals surface area contributed by atoms with Gasteiger partial charge in [0.15, 0.2) is 0 Å². The zero-order valence-electron chi connectivity index (χ0n) is 8.90. The van der Waals surface area contributed by atoms with Crippen LogP contribution in [0.3, 0.4) is 0 Å². The highest BCUT2D eigenvalue weighted by Gasteiger charge is 2.24. The van der Waals surface area contributed by atoms with E-state index in [1.165, 1.54) is 6.07 Å².